The highest BCUT2D eigenvalue weighted by molar-refractivity contribution is 6.37. The lowest BCUT2D eigenvalue weighted by atomic mass is 9.94. The van der Waals surface area contributed by atoms with Crippen LogP contribution in [0.25, 0.3) is 5.57 Å². The lowest BCUT2D eigenvalue weighted by Crippen LogP contribution is -2.28. The number of aliphatic carboxylic acids is 1. The minimum absolute atomic E-state index is 0.0961. The van der Waals surface area contributed by atoms with Gasteiger partial charge in [-0.1, -0.05) is 35.3 Å². The molecule has 2 aromatic rings. The van der Waals surface area contributed by atoms with E-state index in [1.807, 2.05) is 12.1 Å². The van der Waals surface area contributed by atoms with Crippen LogP contribution in [0.3, 0.4) is 0 Å². The van der Waals surface area contributed by atoms with Gasteiger partial charge >= 0.3 is 5.97 Å². The number of rotatable bonds is 7. The Morgan fingerprint density at radius 3 is 2.39 bits per heavy atom. The van der Waals surface area contributed by atoms with Crippen molar-refractivity contribution < 1.29 is 23.8 Å². The van der Waals surface area contributed by atoms with Crippen LogP contribution in [0.4, 0.5) is 4.39 Å². The molecule has 0 radical (unpaired) electrons. The van der Waals surface area contributed by atoms with E-state index in [1.165, 1.54) is 0 Å². The molecule has 3 rings (SSSR count). The number of halogens is 3. The molecule has 8 heteroatoms. The van der Waals surface area contributed by atoms with E-state index < -0.39 is 11.8 Å². The summed E-state index contributed by atoms with van der Waals surface area (Å²) in [6.07, 6.45) is 0.662. The van der Waals surface area contributed by atoms with Crippen LogP contribution in [-0.4, -0.2) is 37.4 Å². The number of hydrogen-bond acceptors (Lipinski definition) is 4. The fourth-order valence-corrected chi connectivity index (χ4v) is 3.50. The molecule has 0 atom stereocenters. The van der Waals surface area contributed by atoms with Gasteiger partial charge in [-0.3, -0.25) is 0 Å². The summed E-state index contributed by atoms with van der Waals surface area (Å²) >= 11 is 11.8. The lowest BCUT2D eigenvalue weighted by Gasteiger charge is -2.19. The fourth-order valence-electron chi connectivity index (χ4n) is 2.93. The van der Waals surface area contributed by atoms with E-state index in [9.17, 15) is 14.3 Å². The van der Waals surface area contributed by atoms with Crippen molar-refractivity contribution in [2.45, 2.75) is 6.42 Å². The standard InChI is InChI=1S/C20H18Cl2FNO4/c21-17-9-13(23)10-18(22)19(17)28-8-7-27-14-3-1-12(2-4-14)15-5-6-24-11-16(15)20(25)26/h1-4,9-10,24H,5-8,11H2,(H,25,26). The Morgan fingerprint density at radius 2 is 1.75 bits per heavy atom. The minimum atomic E-state index is -0.905. The zero-order chi connectivity index (χ0) is 20.1. The second-order valence-corrected chi connectivity index (χ2v) is 6.92. The lowest BCUT2D eigenvalue weighted by molar-refractivity contribution is -0.132. The normalized spacial score (nSPS) is 14.1. The van der Waals surface area contributed by atoms with Gasteiger partial charge in [0.05, 0.1) is 15.6 Å². The van der Waals surface area contributed by atoms with Gasteiger partial charge in [0.1, 0.15) is 24.8 Å². The van der Waals surface area contributed by atoms with Crippen molar-refractivity contribution in [2.24, 2.45) is 0 Å². The Balaban J connectivity index is 1.57. The second kappa shape index (κ2) is 9.28. The third-order valence-corrected chi connectivity index (χ3v) is 4.80. The molecule has 1 heterocycles. The first-order valence-corrected chi connectivity index (χ1v) is 9.38. The number of carbonyl (C=O) groups is 1. The molecule has 0 spiro atoms. The zero-order valence-corrected chi connectivity index (χ0v) is 16.3. The molecule has 148 valence electrons. The predicted octanol–water partition coefficient (Wildman–Crippen LogP) is 4.42. The second-order valence-electron chi connectivity index (χ2n) is 6.11. The number of hydrogen-bond donors (Lipinski definition) is 2. The van der Waals surface area contributed by atoms with Gasteiger partial charge in [-0.15, -0.1) is 0 Å². The maximum absolute atomic E-state index is 13.2. The number of ether oxygens (including phenoxy) is 2. The molecule has 0 aliphatic carbocycles. The van der Waals surface area contributed by atoms with E-state index in [0.29, 0.717) is 24.3 Å². The molecule has 1 aliphatic heterocycles. The Labute approximate surface area is 171 Å². The van der Waals surface area contributed by atoms with Crippen LogP contribution in [0.5, 0.6) is 11.5 Å². The molecule has 0 fully saturated rings. The first kappa shape index (κ1) is 20.5. The quantitative estimate of drug-likeness (QED) is 0.642. The van der Waals surface area contributed by atoms with Crippen LogP contribution in [0.1, 0.15) is 12.0 Å². The molecule has 0 amide bonds. The highest BCUT2D eigenvalue weighted by Gasteiger charge is 2.19. The maximum atomic E-state index is 13.2. The molecular formula is C20H18Cl2FNO4. The van der Waals surface area contributed by atoms with Crippen molar-refractivity contribution in [3.63, 3.8) is 0 Å². The monoisotopic (exact) mass is 425 g/mol. The largest absolute Gasteiger partial charge is 0.490 e. The molecule has 2 N–H and O–H groups in total. The van der Waals surface area contributed by atoms with Gasteiger partial charge < -0.3 is 19.9 Å². The molecule has 0 unspecified atom stereocenters. The number of nitrogens with one attached hydrogen (secondary N) is 1. The van der Waals surface area contributed by atoms with E-state index in [2.05, 4.69) is 5.32 Å². The van der Waals surface area contributed by atoms with Crippen molar-refractivity contribution >= 4 is 34.7 Å². The van der Waals surface area contributed by atoms with Crippen molar-refractivity contribution in [3.05, 3.63) is 63.4 Å². The molecule has 2 aromatic carbocycles. The summed E-state index contributed by atoms with van der Waals surface area (Å²) in [6.45, 7) is 1.51. The Hall–Kier alpha value is -2.28. The van der Waals surface area contributed by atoms with Gasteiger partial charge in [-0.25, -0.2) is 9.18 Å². The van der Waals surface area contributed by atoms with Crippen molar-refractivity contribution in [1.82, 2.24) is 5.32 Å². The van der Waals surface area contributed by atoms with Crippen LogP contribution in [-0.2, 0) is 4.79 Å². The first-order chi connectivity index (χ1) is 13.5. The van der Waals surface area contributed by atoms with E-state index in [0.717, 1.165) is 29.8 Å². The third kappa shape index (κ3) is 4.95. The molecule has 0 saturated heterocycles. The van der Waals surface area contributed by atoms with E-state index in [1.54, 1.807) is 12.1 Å². The number of benzene rings is 2. The minimum Gasteiger partial charge on any atom is -0.490 e. The molecule has 0 saturated carbocycles. The van der Waals surface area contributed by atoms with Crippen LogP contribution in [0.15, 0.2) is 42.0 Å². The number of carboxylic acids is 1. The molecule has 28 heavy (non-hydrogen) atoms. The van der Waals surface area contributed by atoms with Gasteiger partial charge in [0, 0.05) is 6.54 Å². The summed E-state index contributed by atoms with van der Waals surface area (Å²) in [5.74, 6) is -0.607. The summed E-state index contributed by atoms with van der Waals surface area (Å²) in [5, 5.41) is 12.6. The summed E-state index contributed by atoms with van der Waals surface area (Å²) in [7, 11) is 0. The van der Waals surface area contributed by atoms with Gasteiger partial charge in [0.25, 0.3) is 0 Å². The molecule has 0 aromatic heterocycles. The molecule has 1 aliphatic rings. The first-order valence-electron chi connectivity index (χ1n) is 8.62. The van der Waals surface area contributed by atoms with Crippen molar-refractivity contribution in [1.29, 1.82) is 0 Å². The molecular weight excluding hydrogens is 408 g/mol. The van der Waals surface area contributed by atoms with E-state index in [-0.39, 0.29) is 29.0 Å². The Bertz CT molecular complexity index is 877. The maximum Gasteiger partial charge on any atom is 0.333 e. The predicted molar refractivity (Wildman–Crippen MR) is 106 cm³/mol. The summed E-state index contributed by atoms with van der Waals surface area (Å²) in [5.41, 5.74) is 2.09. The Morgan fingerprint density at radius 1 is 1.11 bits per heavy atom. The smallest absolute Gasteiger partial charge is 0.333 e. The average molecular weight is 426 g/mol. The van der Waals surface area contributed by atoms with Crippen molar-refractivity contribution in [3.8, 4) is 11.5 Å². The van der Waals surface area contributed by atoms with Gasteiger partial charge in [-0.05, 0) is 48.4 Å². The third-order valence-electron chi connectivity index (χ3n) is 4.24. The average Bonchev–Trinajstić information content (AvgIpc) is 2.67. The van der Waals surface area contributed by atoms with E-state index >= 15 is 0 Å². The van der Waals surface area contributed by atoms with E-state index in [4.69, 9.17) is 32.7 Å². The highest BCUT2D eigenvalue weighted by atomic mass is 35.5. The van der Waals surface area contributed by atoms with Crippen LogP contribution < -0.4 is 14.8 Å². The topological polar surface area (TPSA) is 67.8 Å². The summed E-state index contributed by atoms with van der Waals surface area (Å²) in [4.78, 5) is 11.4. The fraction of sp³-hybridized carbons (Fsp3) is 0.250. The summed E-state index contributed by atoms with van der Waals surface area (Å²) < 4.78 is 24.3. The molecule has 5 nitrogen and oxygen atoms in total. The van der Waals surface area contributed by atoms with Gasteiger partial charge in [0.15, 0.2) is 5.75 Å². The highest BCUT2D eigenvalue weighted by Crippen LogP contribution is 2.33. The Kier molecular flexibility index (Phi) is 6.78. The van der Waals surface area contributed by atoms with Gasteiger partial charge in [0.2, 0.25) is 0 Å². The van der Waals surface area contributed by atoms with Crippen molar-refractivity contribution in [2.75, 3.05) is 26.3 Å². The zero-order valence-electron chi connectivity index (χ0n) is 14.8. The number of carboxylic acid groups (broad SMARTS) is 1. The SMILES string of the molecule is O=C(O)C1=C(c2ccc(OCCOc3c(Cl)cc(F)cc3Cl)cc2)CCNC1. The molecule has 0 bridgehead atoms. The van der Waals surface area contributed by atoms with Crippen LogP contribution in [0.2, 0.25) is 10.0 Å². The summed E-state index contributed by atoms with van der Waals surface area (Å²) in [6, 6.07) is 9.50. The van der Waals surface area contributed by atoms with Crippen LogP contribution in [0, 0.1) is 5.82 Å². The van der Waals surface area contributed by atoms with Gasteiger partial charge in [-0.2, -0.15) is 0 Å². The van der Waals surface area contributed by atoms with Crippen LogP contribution >= 0.6 is 23.2 Å².